The first kappa shape index (κ1) is 17.4. The Hall–Kier alpha value is -2.99. The quantitative estimate of drug-likeness (QED) is 0.470. The molecule has 0 aliphatic carbocycles. The molecule has 4 aromatic rings. The monoisotopic (exact) mass is 380 g/mol. The van der Waals surface area contributed by atoms with Crippen molar-refractivity contribution in [2.24, 2.45) is 0 Å². The van der Waals surface area contributed by atoms with Gasteiger partial charge in [-0.15, -0.1) is 0 Å². The zero-order chi connectivity index (χ0) is 19.0. The van der Waals surface area contributed by atoms with Gasteiger partial charge in [0.2, 0.25) is 0 Å². The Morgan fingerprint density at radius 3 is 2.67 bits per heavy atom. The number of nitrogens with zero attached hydrogens (tertiary/aromatic N) is 2. The van der Waals surface area contributed by atoms with Crippen LogP contribution in [0.15, 0.2) is 59.2 Å². The third-order valence-electron chi connectivity index (χ3n) is 4.37. The van der Waals surface area contributed by atoms with Crippen LogP contribution in [0.5, 0.6) is 0 Å². The van der Waals surface area contributed by atoms with Crippen LogP contribution in [-0.2, 0) is 6.54 Å². The van der Waals surface area contributed by atoms with Gasteiger partial charge in [-0.3, -0.25) is 9.69 Å². The minimum atomic E-state index is -0.449. The lowest BCUT2D eigenvalue weighted by Crippen LogP contribution is -2.30. The molecule has 0 aliphatic heterocycles. The summed E-state index contributed by atoms with van der Waals surface area (Å²) in [6, 6.07) is 13.3. The van der Waals surface area contributed by atoms with Crippen molar-refractivity contribution < 1.29 is 13.6 Å². The van der Waals surface area contributed by atoms with Gasteiger partial charge in [0.15, 0.2) is 5.13 Å². The number of amides is 1. The van der Waals surface area contributed by atoms with Crippen LogP contribution in [-0.4, -0.2) is 10.9 Å². The number of aryl methyl sites for hydroxylation is 2. The molecule has 27 heavy (non-hydrogen) atoms. The molecule has 1 amide bonds. The minimum absolute atomic E-state index is 0.222. The van der Waals surface area contributed by atoms with Crippen molar-refractivity contribution in [3.05, 3.63) is 83.1 Å². The van der Waals surface area contributed by atoms with Gasteiger partial charge in [0.1, 0.15) is 11.6 Å². The van der Waals surface area contributed by atoms with Crippen molar-refractivity contribution in [1.82, 2.24) is 4.98 Å². The molecular formula is C21H17FN2O2S. The Balaban J connectivity index is 1.82. The summed E-state index contributed by atoms with van der Waals surface area (Å²) in [7, 11) is 0. The van der Waals surface area contributed by atoms with E-state index in [4.69, 9.17) is 9.40 Å². The Morgan fingerprint density at radius 1 is 1.15 bits per heavy atom. The number of carbonyl (C=O) groups excluding carboxylic acids is 1. The third kappa shape index (κ3) is 3.36. The van der Waals surface area contributed by atoms with E-state index >= 15 is 0 Å². The highest BCUT2D eigenvalue weighted by molar-refractivity contribution is 7.22. The topological polar surface area (TPSA) is 46.3 Å². The SMILES string of the molecule is Cc1ccc(C)c2sc(N(Cc3ccco3)C(=O)c3cccc(F)c3)nc12. The normalized spacial score (nSPS) is 11.1. The number of anilines is 1. The Bertz CT molecular complexity index is 1080. The van der Waals surface area contributed by atoms with Gasteiger partial charge < -0.3 is 4.42 Å². The number of benzene rings is 2. The second kappa shape index (κ2) is 6.96. The summed E-state index contributed by atoms with van der Waals surface area (Å²) >= 11 is 1.45. The lowest BCUT2D eigenvalue weighted by atomic mass is 10.1. The summed E-state index contributed by atoms with van der Waals surface area (Å²) in [6.07, 6.45) is 1.56. The fourth-order valence-electron chi connectivity index (χ4n) is 2.93. The van der Waals surface area contributed by atoms with Crippen LogP contribution < -0.4 is 4.90 Å². The van der Waals surface area contributed by atoms with Crippen LogP contribution in [0, 0.1) is 19.7 Å². The highest BCUT2D eigenvalue weighted by Crippen LogP contribution is 2.34. The first-order valence-electron chi connectivity index (χ1n) is 8.49. The summed E-state index contributed by atoms with van der Waals surface area (Å²) in [6.45, 7) is 4.24. The summed E-state index contributed by atoms with van der Waals surface area (Å²) in [5, 5.41) is 0.563. The number of thiazole rings is 1. The largest absolute Gasteiger partial charge is 0.467 e. The van der Waals surface area contributed by atoms with Crippen LogP contribution in [0.1, 0.15) is 27.2 Å². The van der Waals surface area contributed by atoms with Gasteiger partial charge in [0.05, 0.1) is 23.0 Å². The molecule has 0 atom stereocenters. The molecule has 4 rings (SSSR count). The van der Waals surface area contributed by atoms with E-state index in [-0.39, 0.29) is 18.0 Å². The molecule has 0 unspecified atom stereocenters. The standard InChI is InChI=1S/C21H17FN2O2S/c1-13-8-9-14(2)19-18(13)23-21(27-19)24(12-17-7-4-10-26-17)20(25)15-5-3-6-16(22)11-15/h3-11H,12H2,1-2H3. The molecule has 2 aromatic heterocycles. The van der Waals surface area contributed by atoms with Crippen LogP contribution in [0.25, 0.3) is 10.2 Å². The summed E-state index contributed by atoms with van der Waals surface area (Å²) in [5.74, 6) is -0.137. The van der Waals surface area contributed by atoms with Crippen molar-refractivity contribution in [3.8, 4) is 0 Å². The molecule has 4 nitrogen and oxygen atoms in total. The number of hydrogen-bond acceptors (Lipinski definition) is 4. The number of rotatable bonds is 4. The fraction of sp³-hybridized carbons (Fsp3) is 0.143. The maximum Gasteiger partial charge on any atom is 0.260 e. The number of hydrogen-bond donors (Lipinski definition) is 0. The van der Waals surface area contributed by atoms with E-state index in [1.165, 1.54) is 34.4 Å². The van der Waals surface area contributed by atoms with Crippen LogP contribution in [0.3, 0.4) is 0 Å². The molecule has 0 spiro atoms. The van der Waals surface area contributed by atoms with E-state index < -0.39 is 5.82 Å². The number of halogens is 1. The predicted molar refractivity (Wildman–Crippen MR) is 105 cm³/mol. The van der Waals surface area contributed by atoms with E-state index in [0.717, 1.165) is 21.3 Å². The number of aromatic nitrogens is 1. The van der Waals surface area contributed by atoms with E-state index in [1.54, 1.807) is 24.5 Å². The van der Waals surface area contributed by atoms with Crippen molar-refractivity contribution in [3.63, 3.8) is 0 Å². The average molecular weight is 380 g/mol. The van der Waals surface area contributed by atoms with Crippen molar-refractivity contribution in [2.75, 3.05) is 4.90 Å². The molecule has 2 heterocycles. The van der Waals surface area contributed by atoms with Gasteiger partial charge in [-0.25, -0.2) is 9.37 Å². The number of fused-ring (bicyclic) bond motifs is 1. The molecule has 0 aliphatic rings. The molecule has 0 fully saturated rings. The Kier molecular flexibility index (Phi) is 4.49. The number of furan rings is 1. The molecule has 0 saturated carbocycles. The van der Waals surface area contributed by atoms with Gasteiger partial charge in [0.25, 0.3) is 5.91 Å². The van der Waals surface area contributed by atoms with E-state index in [0.29, 0.717) is 10.9 Å². The molecule has 2 aromatic carbocycles. The molecule has 0 bridgehead atoms. The van der Waals surface area contributed by atoms with Gasteiger partial charge >= 0.3 is 0 Å². The van der Waals surface area contributed by atoms with Gasteiger partial charge in [-0.2, -0.15) is 0 Å². The number of carbonyl (C=O) groups is 1. The smallest absolute Gasteiger partial charge is 0.260 e. The van der Waals surface area contributed by atoms with Crippen LogP contribution in [0.2, 0.25) is 0 Å². The Morgan fingerprint density at radius 2 is 1.96 bits per heavy atom. The van der Waals surface area contributed by atoms with Crippen LogP contribution >= 0.6 is 11.3 Å². The van der Waals surface area contributed by atoms with Crippen LogP contribution in [0.4, 0.5) is 9.52 Å². The first-order valence-corrected chi connectivity index (χ1v) is 9.31. The lowest BCUT2D eigenvalue weighted by Gasteiger charge is -2.18. The maximum atomic E-state index is 13.6. The van der Waals surface area contributed by atoms with Crippen molar-refractivity contribution in [2.45, 2.75) is 20.4 Å². The summed E-state index contributed by atoms with van der Waals surface area (Å²) in [5.41, 5.74) is 3.31. The van der Waals surface area contributed by atoms with E-state index in [1.807, 2.05) is 26.0 Å². The Labute approximate surface area is 159 Å². The minimum Gasteiger partial charge on any atom is -0.467 e. The van der Waals surface area contributed by atoms with E-state index in [9.17, 15) is 9.18 Å². The molecule has 136 valence electrons. The lowest BCUT2D eigenvalue weighted by molar-refractivity contribution is 0.0983. The molecule has 6 heteroatoms. The van der Waals surface area contributed by atoms with E-state index in [2.05, 4.69) is 0 Å². The zero-order valence-corrected chi connectivity index (χ0v) is 15.7. The van der Waals surface area contributed by atoms with Gasteiger partial charge in [0, 0.05) is 5.56 Å². The zero-order valence-electron chi connectivity index (χ0n) is 14.9. The third-order valence-corrected chi connectivity index (χ3v) is 5.59. The van der Waals surface area contributed by atoms with Crippen molar-refractivity contribution >= 4 is 32.6 Å². The second-order valence-corrected chi connectivity index (χ2v) is 7.33. The second-order valence-electron chi connectivity index (χ2n) is 6.35. The molecule has 0 radical (unpaired) electrons. The molecular weight excluding hydrogens is 363 g/mol. The van der Waals surface area contributed by atoms with Gasteiger partial charge in [-0.1, -0.05) is 29.5 Å². The predicted octanol–water partition coefficient (Wildman–Crippen LogP) is 5.49. The fourth-order valence-corrected chi connectivity index (χ4v) is 4.03. The average Bonchev–Trinajstić information content (AvgIpc) is 3.32. The first-order chi connectivity index (χ1) is 13.0. The summed E-state index contributed by atoms with van der Waals surface area (Å²) in [4.78, 5) is 19.4. The highest BCUT2D eigenvalue weighted by atomic mass is 32.1. The summed E-state index contributed by atoms with van der Waals surface area (Å²) < 4.78 is 20.1. The molecule has 0 N–H and O–H groups in total. The van der Waals surface area contributed by atoms with Gasteiger partial charge in [-0.05, 0) is 55.3 Å². The molecule has 0 saturated heterocycles. The van der Waals surface area contributed by atoms with Crippen molar-refractivity contribution in [1.29, 1.82) is 0 Å². The maximum absolute atomic E-state index is 13.6. The highest BCUT2D eigenvalue weighted by Gasteiger charge is 2.23.